The van der Waals surface area contributed by atoms with Crippen molar-refractivity contribution >= 4 is 11.7 Å². The van der Waals surface area contributed by atoms with Crippen molar-refractivity contribution in [3.63, 3.8) is 0 Å². The second-order valence-corrected chi connectivity index (χ2v) is 5.26. The number of hydrogen-bond donors (Lipinski definition) is 1. The number of rotatable bonds is 3. The SMILES string of the molecule is COC(=O)NCc1cn(C)nn1.Fc1ccccc1C1=CCOCC1. The van der Waals surface area contributed by atoms with Crippen LogP contribution in [0, 0.1) is 5.82 Å². The van der Waals surface area contributed by atoms with E-state index >= 15 is 0 Å². The van der Waals surface area contributed by atoms with Gasteiger partial charge in [-0.05, 0) is 18.1 Å². The highest BCUT2D eigenvalue weighted by atomic mass is 19.1. The van der Waals surface area contributed by atoms with E-state index in [1.165, 1.54) is 13.2 Å². The van der Waals surface area contributed by atoms with E-state index in [4.69, 9.17) is 4.74 Å². The first-order valence-electron chi connectivity index (χ1n) is 7.79. The van der Waals surface area contributed by atoms with Crippen molar-refractivity contribution in [2.24, 2.45) is 7.05 Å². The van der Waals surface area contributed by atoms with Crippen molar-refractivity contribution < 1.29 is 18.7 Å². The van der Waals surface area contributed by atoms with Crippen molar-refractivity contribution in [2.75, 3.05) is 20.3 Å². The first-order valence-corrected chi connectivity index (χ1v) is 7.79. The van der Waals surface area contributed by atoms with Gasteiger partial charge in [-0.2, -0.15) is 0 Å². The molecular weight excluding hydrogens is 327 g/mol. The fraction of sp³-hybridized carbons (Fsp3) is 0.353. The van der Waals surface area contributed by atoms with Crippen LogP contribution in [0.15, 0.2) is 36.5 Å². The van der Waals surface area contributed by atoms with Crippen LogP contribution in [0.25, 0.3) is 5.57 Å². The van der Waals surface area contributed by atoms with Crippen molar-refractivity contribution in [1.29, 1.82) is 0 Å². The third-order valence-electron chi connectivity index (χ3n) is 3.43. The van der Waals surface area contributed by atoms with E-state index in [0.29, 0.717) is 31.0 Å². The lowest BCUT2D eigenvalue weighted by atomic mass is 10.0. The minimum atomic E-state index is -0.472. The third-order valence-corrected chi connectivity index (χ3v) is 3.43. The summed E-state index contributed by atoms with van der Waals surface area (Å²) in [5.74, 6) is -0.143. The van der Waals surface area contributed by atoms with Gasteiger partial charge in [-0.15, -0.1) is 5.10 Å². The molecule has 0 fully saturated rings. The number of ether oxygens (including phenoxy) is 2. The Morgan fingerprint density at radius 2 is 2.24 bits per heavy atom. The van der Waals surface area contributed by atoms with Crippen molar-refractivity contribution in [2.45, 2.75) is 13.0 Å². The number of methoxy groups -OCH3 is 1. The first-order chi connectivity index (χ1) is 12.1. The van der Waals surface area contributed by atoms with Gasteiger partial charge in [0.05, 0.1) is 26.9 Å². The molecule has 8 heteroatoms. The van der Waals surface area contributed by atoms with Gasteiger partial charge in [0.1, 0.15) is 11.5 Å². The zero-order chi connectivity index (χ0) is 18.1. The molecule has 25 heavy (non-hydrogen) atoms. The van der Waals surface area contributed by atoms with Crippen LogP contribution in [0.3, 0.4) is 0 Å². The van der Waals surface area contributed by atoms with E-state index in [0.717, 1.165) is 12.0 Å². The number of alkyl carbamates (subject to hydrolysis) is 1. The van der Waals surface area contributed by atoms with E-state index < -0.39 is 6.09 Å². The van der Waals surface area contributed by atoms with Gasteiger partial charge in [-0.3, -0.25) is 4.68 Å². The van der Waals surface area contributed by atoms with E-state index in [9.17, 15) is 9.18 Å². The lowest BCUT2D eigenvalue weighted by Crippen LogP contribution is -2.22. The molecule has 0 spiro atoms. The smallest absolute Gasteiger partial charge is 0.407 e. The van der Waals surface area contributed by atoms with Crippen molar-refractivity contribution in [1.82, 2.24) is 20.3 Å². The van der Waals surface area contributed by atoms with Gasteiger partial charge in [0.15, 0.2) is 0 Å². The minimum absolute atomic E-state index is 0.143. The Balaban J connectivity index is 0.000000181. The van der Waals surface area contributed by atoms with Gasteiger partial charge < -0.3 is 14.8 Å². The molecule has 0 aliphatic carbocycles. The summed E-state index contributed by atoms with van der Waals surface area (Å²) in [4.78, 5) is 10.6. The fourth-order valence-electron chi connectivity index (χ4n) is 2.20. The van der Waals surface area contributed by atoms with E-state index in [1.54, 1.807) is 24.0 Å². The van der Waals surface area contributed by atoms with Crippen molar-refractivity contribution in [3.05, 3.63) is 53.6 Å². The average Bonchev–Trinajstić information content (AvgIpc) is 3.07. The topological polar surface area (TPSA) is 78.3 Å². The van der Waals surface area contributed by atoms with Gasteiger partial charge in [0, 0.05) is 18.8 Å². The summed E-state index contributed by atoms with van der Waals surface area (Å²) in [5.41, 5.74) is 2.47. The molecule has 0 saturated carbocycles. The Labute approximate surface area is 145 Å². The number of carbonyl (C=O) groups excluding carboxylic acids is 1. The van der Waals surface area contributed by atoms with Gasteiger partial charge in [-0.25, -0.2) is 9.18 Å². The zero-order valence-corrected chi connectivity index (χ0v) is 14.2. The molecule has 2 heterocycles. The molecule has 1 aromatic carbocycles. The Kier molecular flexibility index (Phi) is 7.09. The quantitative estimate of drug-likeness (QED) is 0.921. The number of aromatic nitrogens is 3. The van der Waals surface area contributed by atoms with Crippen LogP contribution >= 0.6 is 0 Å². The number of hydrogen-bond acceptors (Lipinski definition) is 5. The van der Waals surface area contributed by atoms with Crippen LogP contribution in [0.2, 0.25) is 0 Å². The second kappa shape index (κ2) is 9.53. The highest BCUT2D eigenvalue weighted by Crippen LogP contribution is 2.23. The standard InChI is InChI=1S/C11H11FO.C6H10N4O2/c12-11-4-2-1-3-10(11)9-5-7-13-8-6-9;1-10-4-5(8-9-10)3-7-6(11)12-2/h1-5H,6-8H2;4H,3H2,1-2H3,(H,7,11). The molecule has 134 valence electrons. The largest absolute Gasteiger partial charge is 0.453 e. The van der Waals surface area contributed by atoms with Gasteiger partial charge >= 0.3 is 6.09 Å². The predicted molar refractivity (Wildman–Crippen MR) is 90.1 cm³/mol. The summed E-state index contributed by atoms with van der Waals surface area (Å²) in [7, 11) is 3.07. The highest BCUT2D eigenvalue weighted by Gasteiger charge is 2.09. The number of nitrogens with one attached hydrogen (secondary N) is 1. The number of amides is 1. The van der Waals surface area contributed by atoms with Crippen LogP contribution in [0.4, 0.5) is 9.18 Å². The van der Waals surface area contributed by atoms with Gasteiger partial charge in [0.25, 0.3) is 0 Å². The summed E-state index contributed by atoms with van der Waals surface area (Å²) >= 11 is 0. The molecule has 0 bridgehead atoms. The van der Waals surface area contributed by atoms with E-state index in [1.807, 2.05) is 18.2 Å². The molecular formula is C17H21FN4O3. The number of halogens is 1. The lowest BCUT2D eigenvalue weighted by molar-refractivity contribution is 0.161. The van der Waals surface area contributed by atoms with Crippen LogP contribution in [-0.2, 0) is 23.1 Å². The molecule has 1 aliphatic heterocycles. The summed E-state index contributed by atoms with van der Waals surface area (Å²) in [6.07, 6.45) is 4.00. The molecule has 0 radical (unpaired) electrons. The summed E-state index contributed by atoms with van der Waals surface area (Å²) in [6, 6.07) is 6.87. The maximum Gasteiger partial charge on any atom is 0.407 e. The normalized spacial score (nSPS) is 13.3. The number of aryl methyl sites for hydroxylation is 1. The van der Waals surface area contributed by atoms with Gasteiger partial charge in [-0.1, -0.05) is 29.5 Å². The predicted octanol–water partition coefficient (Wildman–Crippen LogP) is 2.30. The molecule has 0 atom stereocenters. The Morgan fingerprint density at radius 3 is 2.84 bits per heavy atom. The van der Waals surface area contributed by atoms with Gasteiger partial charge in [0.2, 0.25) is 0 Å². The highest BCUT2D eigenvalue weighted by molar-refractivity contribution is 5.67. The molecule has 7 nitrogen and oxygen atoms in total. The fourth-order valence-corrected chi connectivity index (χ4v) is 2.20. The monoisotopic (exact) mass is 348 g/mol. The molecule has 0 saturated heterocycles. The van der Waals surface area contributed by atoms with E-state index in [2.05, 4.69) is 20.4 Å². The summed E-state index contributed by atoms with van der Waals surface area (Å²) in [6.45, 7) is 1.63. The molecule has 0 unspecified atom stereocenters. The molecule has 3 rings (SSSR count). The minimum Gasteiger partial charge on any atom is -0.453 e. The molecule has 1 aromatic heterocycles. The molecule has 1 amide bonds. The lowest BCUT2D eigenvalue weighted by Gasteiger charge is -2.13. The Bertz CT molecular complexity index is 730. The number of carbonyl (C=O) groups is 1. The van der Waals surface area contributed by atoms with E-state index in [-0.39, 0.29) is 5.82 Å². The van der Waals surface area contributed by atoms with Crippen LogP contribution < -0.4 is 5.32 Å². The Morgan fingerprint density at radius 1 is 1.44 bits per heavy atom. The van der Waals surface area contributed by atoms with Crippen LogP contribution in [0.1, 0.15) is 17.7 Å². The summed E-state index contributed by atoms with van der Waals surface area (Å²) in [5, 5.41) is 9.94. The summed E-state index contributed by atoms with van der Waals surface area (Å²) < 4.78 is 24.4. The third kappa shape index (κ3) is 6.00. The average molecular weight is 348 g/mol. The van der Waals surface area contributed by atoms with Crippen molar-refractivity contribution in [3.8, 4) is 0 Å². The number of benzene rings is 1. The second-order valence-electron chi connectivity index (χ2n) is 5.26. The Hall–Kier alpha value is -2.74. The zero-order valence-electron chi connectivity index (χ0n) is 14.2. The maximum atomic E-state index is 13.3. The molecule has 1 N–H and O–H groups in total. The number of nitrogens with zero attached hydrogens (tertiary/aromatic N) is 3. The first kappa shape index (κ1) is 18.6. The maximum absolute atomic E-state index is 13.3. The van der Waals surface area contributed by atoms with Crippen LogP contribution in [0.5, 0.6) is 0 Å². The molecule has 2 aromatic rings. The molecule has 1 aliphatic rings. The van der Waals surface area contributed by atoms with Crippen LogP contribution in [-0.4, -0.2) is 41.4 Å².